The van der Waals surface area contributed by atoms with Crippen molar-refractivity contribution in [1.82, 2.24) is 9.80 Å². The van der Waals surface area contributed by atoms with Crippen LogP contribution in [-0.4, -0.2) is 53.4 Å². The van der Waals surface area contributed by atoms with Gasteiger partial charge in [0.05, 0.1) is 0 Å². The Balaban J connectivity index is 2.24. The van der Waals surface area contributed by atoms with Crippen molar-refractivity contribution in [2.45, 2.75) is 25.8 Å². The fourth-order valence-corrected chi connectivity index (χ4v) is 2.96. The summed E-state index contributed by atoms with van der Waals surface area (Å²) in [5.74, 6) is 0.0789. The van der Waals surface area contributed by atoms with E-state index in [0.717, 1.165) is 38.0 Å². The number of rotatable bonds is 3. The molecule has 5 heteroatoms. The number of thiocarbonyl (C=S) groups is 1. The van der Waals surface area contributed by atoms with E-state index in [1.165, 1.54) is 0 Å². The lowest BCUT2D eigenvalue weighted by Crippen LogP contribution is -2.43. The molecule has 1 amide bonds. The summed E-state index contributed by atoms with van der Waals surface area (Å²) < 4.78 is 0. The maximum atomic E-state index is 12.8. The van der Waals surface area contributed by atoms with Crippen LogP contribution in [0.15, 0.2) is 24.3 Å². The van der Waals surface area contributed by atoms with E-state index in [9.17, 15) is 4.79 Å². The first-order valence-electron chi connectivity index (χ1n) is 7.42. The van der Waals surface area contributed by atoms with Crippen molar-refractivity contribution in [1.29, 1.82) is 0 Å². The molecular formula is C16H23N3OS. The van der Waals surface area contributed by atoms with E-state index >= 15 is 0 Å². The van der Waals surface area contributed by atoms with Crippen LogP contribution in [0.1, 0.15) is 35.7 Å². The van der Waals surface area contributed by atoms with Crippen molar-refractivity contribution in [3.63, 3.8) is 0 Å². The van der Waals surface area contributed by atoms with Crippen LogP contribution in [0.2, 0.25) is 0 Å². The minimum Gasteiger partial charge on any atom is -0.389 e. The van der Waals surface area contributed by atoms with Gasteiger partial charge in [0.25, 0.3) is 5.91 Å². The minimum atomic E-state index is 0.0789. The van der Waals surface area contributed by atoms with Gasteiger partial charge in [0.15, 0.2) is 0 Å². The first-order chi connectivity index (χ1) is 10.0. The molecule has 1 unspecified atom stereocenters. The Morgan fingerprint density at radius 2 is 2.10 bits per heavy atom. The molecule has 1 saturated heterocycles. The van der Waals surface area contributed by atoms with Crippen molar-refractivity contribution >= 4 is 23.1 Å². The monoisotopic (exact) mass is 305 g/mol. The van der Waals surface area contributed by atoms with E-state index in [-0.39, 0.29) is 11.9 Å². The zero-order valence-electron chi connectivity index (χ0n) is 12.7. The highest BCUT2D eigenvalue weighted by Crippen LogP contribution is 2.17. The van der Waals surface area contributed by atoms with Gasteiger partial charge in [-0.2, -0.15) is 0 Å². The summed E-state index contributed by atoms with van der Waals surface area (Å²) in [6.45, 7) is 4.90. The Kier molecular flexibility index (Phi) is 5.31. The smallest absolute Gasteiger partial charge is 0.254 e. The van der Waals surface area contributed by atoms with E-state index in [1.807, 2.05) is 23.1 Å². The summed E-state index contributed by atoms with van der Waals surface area (Å²) in [6, 6.07) is 7.58. The maximum absolute atomic E-state index is 12.8. The van der Waals surface area contributed by atoms with Crippen molar-refractivity contribution in [2.24, 2.45) is 5.73 Å². The second-order valence-corrected chi connectivity index (χ2v) is 6.06. The van der Waals surface area contributed by atoms with Gasteiger partial charge in [0, 0.05) is 30.3 Å². The fourth-order valence-electron chi connectivity index (χ4n) is 2.83. The molecule has 4 nitrogen and oxygen atoms in total. The van der Waals surface area contributed by atoms with Crippen LogP contribution in [0.4, 0.5) is 0 Å². The molecular weight excluding hydrogens is 282 g/mol. The summed E-state index contributed by atoms with van der Waals surface area (Å²) in [5.41, 5.74) is 7.07. The number of likely N-dealkylation sites (N-methyl/N-ethyl adjacent to an activating group) is 1. The van der Waals surface area contributed by atoms with Crippen LogP contribution >= 0.6 is 12.2 Å². The molecule has 0 radical (unpaired) electrons. The lowest BCUT2D eigenvalue weighted by molar-refractivity contribution is 0.0675. The Bertz CT molecular complexity index is 532. The minimum absolute atomic E-state index is 0.0789. The summed E-state index contributed by atoms with van der Waals surface area (Å²) in [5, 5.41) is 0. The van der Waals surface area contributed by atoms with Crippen LogP contribution in [0.5, 0.6) is 0 Å². The van der Waals surface area contributed by atoms with Gasteiger partial charge >= 0.3 is 0 Å². The summed E-state index contributed by atoms with van der Waals surface area (Å²) in [4.78, 5) is 17.5. The summed E-state index contributed by atoms with van der Waals surface area (Å²) >= 11 is 4.99. The average molecular weight is 305 g/mol. The number of nitrogens with two attached hydrogens (primary N) is 1. The maximum Gasteiger partial charge on any atom is 0.254 e. The lowest BCUT2D eigenvalue weighted by atomic mass is 10.1. The molecule has 1 aliphatic rings. The van der Waals surface area contributed by atoms with Crippen LogP contribution in [0, 0.1) is 0 Å². The molecule has 1 aromatic rings. The third-order valence-electron chi connectivity index (χ3n) is 4.03. The summed E-state index contributed by atoms with van der Waals surface area (Å²) in [6.07, 6.45) is 1.97. The second kappa shape index (κ2) is 7.00. The largest absolute Gasteiger partial charge is 0.389 e. The number of amides is 1. The van der Waals surface area contributed by atoms with Crippen molar-refractivity contribution in [3.05, 3.63) is 35.4 Å². The molecule has 1 aromatic carbocycles. The molecule has 21 heavy (non-hydrogen) atoms. The van der Waals surface area contributed by atoms with Gasteiger partial charge in [-0.3, -0.25) is 4.79 Å². The quantitative estimate of drug-likeness (QED) is 0.866. The van der Waals surface area contributed by atoms with Crippen molar-refractivity contribution < 1.29 is 4.79 Å². The first-order valence-corrected chi connectivity index (χ1v) is 7.83. The molecule has 0 aliphatic carbocycles. The highest BCUT2D eigenvalue weighted by atomic mass is 32.1. The van der Waals surface area contributed by atoms with Gasteiger partial charge < -0.3 is 15.5 Å². The molecule has 1 aliphatic heterocycles. The molecule has 1 atom stereocenters. The van der Waals surface area contributed by atoms with E-state index in [4.69, 9.17) is 18.0 Å². The summed E-state index contributed by atoms with van der Waals surface area (Å²) in [7, 11) is 2.12. The Hall–Kier alpha value is -1.46. The average Bonchev–Trinajstić information content (AvgIpc) is 2.67. The predicted octanol–water partition coefficient (Wildman–Crippen LogP) is 1.88. The van der Waals surface area contributed by atoms with Crippen molar-refractivity contribution in [2.75, 3.05) is 26.7 Å². The van der Waals surface area contributed by atoms with Crippen molar-refractivity contribution in [3.8, 4) is 0 Å². The predicted molar refractivity (Wildman–Crippen MR) is 89.6 cm³/mol. The zero-order chi connectivity index (χ0) is 15.4. The molecule has 2 N–H and O–H groups in total. The molecule has 0 saturated carbocycles. The first kappa shape index (κ1) is 15.9. The molecule has 0 bridgehead atoms. The van der Waals surface area contributed by atoms with Gasteiger partial charge in [-0.05, 0) is 38.6 Å². The van der Waals surface area contributed by atoms with Gasteiger partial charge in [0.2, 0.25) is 0 Å². The molecule has 2 rings (SSSR count). The second-order valence-electron chi connectivity index (χ2n) is 5.62. The van der Waals surface area contributed by atoms with Crippen LogP contribution in [0.25, 0.3) is 0 Å². The standard InChI is InChI=1S/C16H23N3OS/c1-3-14-11-18(2)8-5-9-19(14)16(20)13-7-4-6-12(10-13)15(17)21/h4,6-7,10,14H,3,5,8-9,11H2,1-2H3,(H2,17,21). The topological polar surface area (TPSA) is 49.6 Å². The fraction of sp³-hybridized carbons (Fsp3) is 0.500. The van der Waals surface area contributed by atoms with Crippen LogP contribution < -0.4 is 5.73 Å². The normalized spacial score (nSPS) is 20.1. The number of nitrogens with zero attached hydrogens (tertiary/aromatic N) is 2. The third kappa shape index (κ3) is 3.80. The van der Waals surface area contributed by atoms with E-state index in [1.54, 1.807) is 6.07 Å². The van der Waals surface area contributed by atoms with E-state index in [2.05, 4.69) is 18.9 Å². The number of carbonyl (C=O) groups is 1. The van der Waals surface area contributed by atoms with E-state index in [0.29, 0.717) is 10.6 Å². The van der Waals surface area contributed by atoms with E-state index < -0.39 is 0 Å². The Morgan fingerprint density at radius 3 is 2.76 bits per heavy atom. The molecule has 0 spiro atoms. The number of benzene rings is 1. The van der Waals surface area contributed by atoms with Gasteiger partial charge in [-0.25, -0.2) is 0 Å². The van der Waals surface area contributed by atoms with Gasteiger partial charge in [-0.15, -0.1) is 0 Å². The number of carbonyl (C=O) groups excluding carboxylic acids is 1. The van der Waals surface area contributed by atoms with Gasteiger partial charge in [-0.1, -0.05) is 31.3 Å². The number of hydrogen-bond donors (Lipinski definition) is 1. The highest BCUT2D eigenvalue weighted by Gasteiger charge is 2.26. The highest BCUT2D eigenvalue weighted by molar-refractivity contribution is 7.80. The SMILES string of the molecule is CCC1CN(C)CCCN1C(=O)c1cccc(C(N)=S)c1. The number of hydrogen-bond acceptors (Lipinski definition) is 3. The lowest BCUT2D eigenvalue weighted by Gasteiger charge is -2.30. The molecule has 114 valence electrons. The molecule has 1 fully saturated rings. The zero-order valence-corrected chi connectivity index (χ0v) is 13.5. The Morgan fingerprint density at radius 1 is 1.38 bits per heavy atom. The third-order valence-corrected chi connectivity index (χ3v) is 4.26. The molecule has 1 heterocycles. The Labute approximate surface area is 131 Å². The van der Waals surface area contributed by atoms with Gasteiger partial charge in [0.1, 0.15) is 4.99 Å². The van der Waals surface area contributed by atoms with Crippen LogP contribution in [-0.2, 0) is 0 Å². The molecule has 0 aromatic heterocycles. The van der Waals surface area contributed by atoms with Crippen LogP contribution in [0.3, 0.4) is 0 Å².